The molecule has 1 saturated carbocycles. The quantitative estimate of drug-likeness (QED) is 0.188. The fraction of sp³-hybridized carbons (Fsp3) is 0.458. The smallest absolute Gasteiger partial charge is 0.459 e. The standard InChI is InChI=1S/C24H31N8O6P/c1-3-35-23(33)14(2)31-39(34,38-16-7-5-4-6-8-16)36-12-17-11-18(25)22(37-17)32-13-27-19-20(28-15-9-10-15)29-24(26)30-21(19)32/h4-8,13-15,17,22,25H,3,9-12H2,1-2H3,(H,31,34)(H3,26,28,29,30)/t14-,17+,22-,39+/m1/s1. The number of hydrogen-bond acceptors (Lipinski definition) is 12. The van der Waals surface area contributed by atoms with E-state index in [-0.39, 0.29) is 31.3 Å². The molecule has 15 heteroatoms. The van der Waals surface area contributed by atoms with Crippen molar-refractivity contribution in [2.75, 3.05) is 24.3 Å². The second kappa shape index (κ2) is 11.3. The summed E-state index contributed by atoms with van der Waals surface area (Å²) in [4.78, 5) is 25.2. The van der Waals surface area contributed by atoms with Crippen LogP contribution in [-0.2, 0) is 23.4 Å². The summed E-state index contributed by atoms with van der Waals surface area (Å²) < 4.78 is 37.8. The summed E-state index contributed by atoms with van der Waals surface area (Å²) in [5, 5.41) is 14.5. The second-order valence-corrected chi connectivity index (χ2v) is 11.0. The first kappa shape index (κ1) is 27.0. The normalized spacial score (nSPS) is 21.4. The first-order valence-corrected chi connectivity index (χ1v) is 14.2. The average Bonchev–Trinajstić information content (AvgIpc) is 3.49. The lowest BCUT2D eigenvalue weighted by Crippen LogP contribution is -2.35. The van der Waals surface area contributed by atoms with Crippen LogP contribution in [0.2, 0.25) is 0 Å². The van der Waals surface area contributed by atoms with Gasteiger partial charge in [-0.15, -0.1) is 0 Å². The molecule has 2 aromatic heterocycles. The number of benzene rings is 1. The highest BCUT2D eigenvalue weighted by Crippen LogP contribution is 2.46. The number of imidazole rings is 1. The molecule has 5 rings (SSSR count). The van der Waals surface area contributed by atoms with Crippen LogP contribution >= 0.6 is 7.75 Å². The molecular formula is C24H31N8O6P. The maximum atomic E-state index is 13.7. The maximum Gasteiger partial charge on any atom is 0.459 e. The molecule has 1 aliphatic heterocycles. The Bertz CT molecular complexity index is 1400. The Kier molecular flexibility index (Phi) is 7.80. The summed E-state index contributed by atoms with van der Waals surface area (Å²) in [6.07, 6.45) is 2.40. The van der Waals surface area contributed by atoms with Crippen LogP contribution in [-0.4, -0.2) is 62.6 Å². The van der Waals surface area contributed by atoms with Crippen LogP contribution in [0, 0.1) is 5.41 Å². The van der Waals surface area contributed by atoms with E-state index in [1.54, 1.807) is 41.8 Å². The Morgan fingerprint density at radius 2 is 2.08 bits per heavy atom. The van der Waals surface area contributed by atoms with Crippen LogP contribution in [0.25, 0.3) is 11.2 Å². The lowest BCUT2D eigenvalue weighted by Gasteiger charge is -2.24. The largest absolute Gasteiger partial charge is 0.465 e. The van der Waals surface area contributed by atoms with Crippen molar-refractivity contribution in [3.8, 4) is 5.75 Å². The number of nitrogens with one attached hydrogen (secondary N) is 3. The van der Waals surface area contributed by atoms with E-state index in [1.165, 1.54) is 13.3 Å². The Hall–Kier alpha value is -3.58. The number of hydrogen-bond donors (Lipinski definition) is 4. The number of aromatic nitrogens is 4. The number of anilines is 2. The summed E-state index contributed by atoms with van der Waals surface area (Å²) in [5.41, 5.74) is 7.17. The molecule has 2 aliphatic rings. The van der Waals surface area contributed by atoms with Gasteiger partial charge in [-0.05, 0) is 38.8 Å². The third-order valence-electron chi connectivity index (χ3n) is 6.07. The van der Waals surface area contributed by atoms with E-state index >= 15 is 0 Å². The first-order valence-electron chi connectivity index (χ1n) is 12.7. The van der Waals surface area contributed by atoms with Crippen molar-refractivity contribution in [1.82, 2.24) is 24.6 Å². The van der Waals surface area contributed by atoms with Crippen LogP contribution in [0.1, 0.15) is 39.3 Å². The Balaban J connectivity index is 1.30. The summed E-state index contributed by atoms with van der Waals surface area (Å²) in [6.45, 7) is 3.18. The zero-order valence-corrected chi connectivity index (χ0v) is 22.5. The van der Waals surface area contributed by atoms with E-state index < -0.39 is 32.1 Å². The minimum atomic E-state index is -4.05. The Labute approximate surface area is 224 Å². The zero-order valence-electron chi connectivity index (χ0n) is 21.6. The molecule has 0 bridgehead atoms. The molecule has 0 radical (unpaired) electrons. The summed E-state index contributed by atoms with van der Waals surface area (Å²) in [7, 11) is -4.05. The van der Waals surface area contributed by atoms with Crippen molar-refractivity contribution in [2.24, 2.45) is 0 Å². The first-order chi connectivity index (χ1) is 18.7. The van der Waals surface area contributed by atoms with Gasteiger partial charge in [-0.2, -0.15) is 15.1 Å². The van der Waals surface area contributed by atoms with Gasteiger partial charge in [0.2, 0.25) is 5.95 Å². The zero-order chi connectivity index (χ0) is 27.6. The third-order valence-corrected chi connectivity index (χ3v) is 7.71. The van der Waals surface area contributed by atoms with Gasteiger partial charge in [0.15, 0.2) is 23.2 Å². The van der Waals surface area contributed by atoms with E-state index in [0.29, 0.717) is 28.8 Å². The number of nitrogens with zero attached hydrogens (tertiary/aromatic N) is 4. The molecule has 39 heavy (non-hydrogen) atoms. The molecular weight excluding hydrogens is 527 g/mol. The predicted molar refractivity (Wildman–Crippen MR) is 142 cm³/mol. The average molecular weight is 559 g/mol. The van der Waals surface area contributed by atoms with E-state index in [9.17, 15) is 9.36 Å². The highest BCUT2D eigenvalue weighted by molar-refractivity contribution is 7.52. The molecule has 1 saturated heterocycles. The van der Waals surface area contributed by atoms with Crippen LogP contribution in [0.4, 0.5) is 11.8 Å². The fourth-order valence-corrected chi connectivity index (χ4v) is 5.59. The van der Waals surface area contributed by atoms with Gasteiger partial charge in [0.05, 0.1) is 31.4 Å². The van der Waals surface area contributed by atoms with Crippen molar-refractivity contribution in [1.29, 1.82) is 5.41 Å². The van der Waals surface area contributed by atoms with Crippen molar-refractivity contribution in [3.05, 3.63) is 36.7 Å². The highest BCUT2D eigenvalue weighted by atomic mass is 31.2. The van der Waals surface area contributed by atoms with Gasteiger partial charge in [-0.25, -0.2) is 9.55 Å². The number of carbonyl (C=O) groups excluding carboxylic acids is 1. The summed E-state index contributed by atoms with van der Waals surface area (Å²) in [6, 6.07) is 7.84. The van der Waals surface area contributed by atoms with Crippen LogP contribution in [0.15, 0.2) is 36.7 Å². The fourth-order valence-electron chi connectivity index (χ4n) is 4.07. The number of fused-ring (bicyclic) bond motifs is 1. The Morgan fingerprint density at radius 3 is 2.79 bits per heavy atom. The summed E-state index contributed by atoms with van der Waals surface area (Å²) >= 11 is 0. The minimum absolute atomic E-state index is 0.0811. The molecule has 1 aliphatic carbocycles. The van der Waals surface area contributed by atoms with Crippen LogP contribution in [0.5, 0.6) is 5.75 Å². The lowest BCUT2D eigenvalue weighted by atomic mass is 10.2. The number of ether oxygens (including phenoxy) is 2. The van der Waals surface area contributed by atoms with Gasteiger partial charge in [-0.3, -0.25) is 13.9 Å². The number of nitrogens with two attached hydrogens (primary N) is 1. The molecule has 0 spiro atoms. The summed E-state index contributed by atoms with van der Waals surface area (Å²) in [5.74, 6) is 0.322. The van der Waals surface area contributed by atoms with Crippen molar-refractivity contribution in [2.45, 2.75) is 57.5 Å². The van der Waals surface area contributed by atoms with Crippen molar-refractivity contribution >= 4 is 42.4 Å². The van der Waals surface area contributed by atoms with E-state index in [4.69, 9.17) is 29.7 Å². The predicted octanol–water partition coefficient (Wildman–Crippen LogP) is 3.03. The minimum Gasteiger partial charge on any atom is -0.465 e. The van der Waals surface area contributed by atoms with Gasteiger partial charge in [0.25, 0.3) is 0 Å². The van der Waals surface area contributed by atoms with Gasteiger partial charge >= 0.3 is 13.7 Å². The lowest BCUT2D eigenvalue weighted by molar-refractivity contribution is -0.144. The van der Waals surface area contributed by atoms with E-state index in [0.717, 1.165) is 12.8 Å². The van der Waals surface area contributed by atoms with Gasteiger partial charge in [0, 0.05) is 12.5 Å². The van der Waals surface area contributed by atoms with Crippen LogP contribution in [0.3, 0.4) is 0 Å². The highest BCUT2D eigenvalue weighted by Gasteiger charge is 2.38. The number of nitrogen functional groups attached to an aromatic ring is 1. The molecule has 4 atom stereocenters. The Morgan fingerprint density at radius 1 is 1.31 bits per heavy atom. The molecule has 3 heterocycles. The monoisotopic (exact) mass is 558 g/mol. The molecule has 2 fully saturated rings. The number of para-hydroxylation sites is 1. The van der Waals surface area contributed by atoms with Gasteiger partial charge in [0.1, 0.15) is 11.8 Å². The van der Waals surface area contributed by atoms with E-state index in [1.807, 2.05) is 0 Å². The molecule has 14 nitrogen and oxygen atoms in total. The molecule has 5 N–H and O–H groups in total. The molecule has 208 valence electrons. The number of esters is 1. The molecule has 0 amide bonds. The van der Waals surface area contributed by atoms with Crippen molar-refractivity contribution < 1.29 is 27.9 Å². The number of rotatable bonds is 12. The van der Waals surface area contributed by atoms with Crippen LogP contribution < -0.4 is 20.7 Å². The topological polar surface area (TPSA) is 189 Å². The second-order valence-electron chi connectivity index (χ2n) is 9.31. The van der Waals surface area contributed by atoms with Gasteiger partial charge in [-0.1, -0.05) is 18.2 Å². The molecule has 3 aromatic rings. The molecule has 0 unspecified atom stereocenters. The molecule has 1 aromatic carbocycles. The van der Waals surface area contributed by atoms with Crippen molar-refractivity contribution in [3.63, 3.8) is 0 Å². The third kappa shape index (κ3) is 6.36. The number of carbonyl (C=O) groups is 1. The SMILES string of the molecule is CCOC(=O)[C@@H](C)N[P@](=O)(OC[C@@H]1CC(=N)[C@H](n2cnc3c(NC4CC4)nc(N)nc32)O1)Oc1ccccc1. The van der Waals surface area contributed by atoms with E-state index in [2.05, 4.69) is 25.4 Å². The van der Waals surface area contributed by atoms with Gasteiger partial charge < -0.3 is 30.5 Å². The maximum absolute atomic E-state index is 13.7.